The van der Waals surface area contributed by atoms with Gasteiger partial charge in [-0.15, -0.1) is 11.3 Å². The number of carbonyl (C=O) groups excluding carboxylic acids is 1. The maximum absolute atomic E-state index is 12.4. The molecule has 20 heavy (non-hydrogen) atoms. The molecule has 0 spiro atoms. The van der Waals surface area contributed by atoms with Gasteiger partial charge >= 0.3 is 5.97 Å². The maximum Gasteiger partial charge on any atom is 0.308 e. The molecule has 1 aromatic heterocycles. The van der Waals surface area contributed by atoms with Crippen LogP contribution in [0.2, 0.25) is 0 Å². The van der Waals surface area contributed by atoms with Crippen molar-refractivity contribution in [1.29, 1.82) is 0 Å². The van der Waals surface area contributed by atoms with Crippen molar-refractivity contribution < 1.29 is 24.2 Å². The van der Waals surface area contributed by atoms with Crippen molar-refractivity contribution in [3.8, 4) is 0 Å². The first-order chi connectivity index (χ1) is 9.60. The van der Waals surface area contributed by atoms with Gasteiger partial charge in [-0.05, 0) is 11.4 Å². The van der Waals surface area contributed by atoms with E-state index >= 15 is 0 Å². The van der Waals surface area contributed by atoms with Crippen LogP contribution < -0.4 is 0 Å². The second-order valence-corrected chi connectivity index (χ2v) is 5.11. The molecule has 0 saturated heterocycles. The minimum Gasteiger partial charge on any atom is -0.481 e. The summed E-state index contributed by atoms with van der Waals surface area (Å²) in [5.74, 6) is -1.13. The van der Waals surface area contributed by atoms with Crippen LogP contribution in [-0.2, 0) is 20.7 Å². The zero-order valence-corrected chi connectivity index (χ0v) is 12.4. The Labute approximate surface area is 121 Å². The molecule has 1 amide bonds. The van der Waals surface area contributed by atoms with Crippen molar-refractivity contribution in [3.63, 3.8) is 0 Å². The fourth-order valence-corrected chi connectivity index (χ4v) is 2.55. The molecule has 0 atom stereocenters. The first kappa shape index (κ1) is 16.6. The van der Waals surface area contributed by atoms with Gasteiger partial charge in [-0.2, -0.15) is 0 Å². The van der Waals surface area contributed by atoms with Gasteiger partial charge < -0.3 is 19.5 Å². The summed E-state index contributed by atoms with van der Waals surface area (Å²) in [6.07, 6.45) is -0.138. The lowest BCUT2D eigenvalue weighted by Gasteiger charge is -2.22. The molecule has 6 nitrogen and oxygen atoms in total. The number of carboxylic acids is 1. The summed E-state index contributed by atoms with van der Waals surface area (Å²) in [7, 11) is 3.14. The standard InChI is InChI=1S/C13H19NO5S/c1-18-6-4-14(5-7-19-2)13(17)10-3-8-20-11(10)9-12(15)16/h3,8H,4-7,9H2,1-2H3,(H,15,16). The number of amides is 1. The van der Waals surface area contributed by atoms with E-state index < -0.39 is 5.97 Å². The number of carbonyl (C=O) groups is 2. The molecule has 0 aliphatic rings. The highest BCUT2D eigenvalue weighted by Crippen LogP contribution is 2.19. The third-order valence-electron chi connectivity index (χ3n) is 2.71. The zero-order chi connectivity index (χ0) is 15.0. The van der Waals surface area contributed by atoms with Gasteiger partial charge in [0.25, 0.3) is 5.91 Å². The number of ether oxygens (including phenoxy) is 2. The largest absolute Gasteiger partial charge is 0.481 e. The van der Waals surface area contributed by atoms with Crippen LogP contribution in [0, 0.1) is 0 Å². The third-order valence-corrected chi connectivity index (χ3v) is 3.63. The molecule has 7 heteroatoms. The molecule has 112 valence electrons. The molecule has 1 aromatic rings. The van der Waals surface area contributed by atoms with Crippen molar-refractivity contribution in [1.82, 2.24) is 4.90 Å². The molecule has 0 aliphatic heterocycles. The van der Waals surface area contributed by atoms with Gasteiger partial charge in [0.1, 0.15) is 0 Å². The average Bonchev–Trinajstić information content (AvgIpc) is 2.85. The van der Waals surface area contributed by atoms with E-state index in [-0.39, 0.29) is 12.3 Å². The number of aliphatic carboxylic acids is 1. The highest BCUT2D eigenvalue weighted by atomic mass is 32.1. The Morgan fingerprint density at radius 3 is 2.35 bits per heavy atom. The molecule has 0 saturated carbocycles. The molecule has 0 radical (unpaired) electrons. The number of thiophene rings is 1. The number of nitrogens with zero attached hydrogens (tertiary/aromatic N) is 1. The molecule has 0 unspecified atom stereocenters. The summed E-state index contributed by atoms with van der Waals surface area (Å²) in [5, 5.41) is 10.6. The van der Waals surface area contributed by atoms with Gasteiger partial charge in [0.15, 0.2) is 0 Å². The smallest absolute Gasteiger partial charge is 0.308 e. The van der Waals surface area contributed by atoms with Crippen molar-refractivity contribution in [3.05, 3.63) is 21.9 Å². The van der Waals surface area contributed by atoms with Gasteiger partial charge in [0.05, 0.1) is 25.2 Å². The van der Waals surface area contributed by atoms with Crippen LogP contribution in [0.1, 0.15) is 15.2 Å². The van der Waals surface area contributed by atoms with Crippen LogP contribution in [0.15, 0.2) is 11.4 Å². The summed E-state index contributed by atoms with van der Waals surface area (Å²) in [4.78, 5) is 25.4. The van der Waals surface area contributed by atoms with E-state index in [0.29, 0.717) is 36.7 Å². The van der Waals surface area contributed by atoms with E-state index in [0.717, 1.165) is 0 Å². The molecule has 0 fully saturated rings. The molecule has 0 aliphatic carbocycles. The van der Waals surface area contributed by atoms with Gasteiger partial charge in [-0.3, -0.25) is 9.59 Å². The lowest BCUT2D eigenvalue weighted by Crippen LogP contribution is -2.36. The quantitative estimate of drug-likeness (QED) is 0.739. The minimum absolute atomic E-state index is 0.138. The highest BCUT2D eigenvalue weighted by molar-refractivity contribution is 7.10. The van der Waals surface area contributed by atoms with E-state index in [9.17, 15) is 9.59 Å². The number of hydrogen-bond acceptors (Lipinski definition) is 5. The fraction of sp³-hybridized carbons (Fsp3) is 0.538. The van der Waals surface area contributed by atoms with Crippen molar-refractivity contribution >= 4 is 23.2 Å². The van der Waals surface area contributed by atoms with Gasteiger partial charge in [-0.25, -0.2) is 0 Å². The SMILES string of the molecule is COCCN(CCOC)C(=O)c1ccsc1CC(=O)O. The van der Waals surface area contributed by atoms with E-state index in [2.05, 4.69) is 0 Å². The molecular weight excluding hydrogens is 282 g/mol. The van der Waals surface area contributed by atoms with Gasteiger partial charge in [0.2, 0.25) is 0 Å². The average molecular weight is 301 g/mol. The van der Waals surface area contributed by atoms with Crippen LogP contribution in [0.3, 0.4) is 0 Å². The van der Waals surface area contributed by atoms with Crippen LogP contribution in [0.4, 0.5) is 0 Å². The third kappa shape index (κ3) is 4.92. The predicted molar refractivity (Wildman–Crippen MR) is 75.3 cm³/mol. The molecule has 0 aromatic carbocycles. The molecular formula is C13H19NO5S. The monoisotopic (exact) mass is 301 g/mol. The Hall–Kier alpha value is -1.44. The van der Waals surface area contributed by atoms with Crippen molar-refractivity contribution in [2.24, 2.45) is 0 Å². The topological polar surface area (TPSA) is 76.1 Å². The van der Waals surface area contributed by atoms with Crippen molar-refractivity contribution in [2.75, 3.05) is 40.5 Å². The molecule has 1 rings (SSSR count). The van der Waals surface area contributed by atoms with E-state index in [1.54, 1.807) is 30.6 Å². The van der Waals surface area contributed by atoms with Gasteiger partial charge in [0, 0.05) is 32.2 Å². The van der Waals surface area contributed by atoms with Crippen LogP contribution >= 0.6 is 11.3 Å². The zero-order valence-electron chi connectivity index (χ0n) is 11.6. The summed E-state index contributed by atoms with van der Waals surface area (Å²) in [6, 6.07) is 1.66. The number of methoxy groups -OCH3 is 2. The number of carboxylic acid groups (broad SMARTS) is 1. The Bertz CT molecular complexity index is 438. The number of hydrogen-bond donors (Lipinski definition) is 1. The second-order valence-electron chi connectivity index (χ2n) is 4.11. The predicted octanol–water partition coefficient (Wildman–Crippen LogP) is 1.11. The van der Waals surface area contributed by atoms with Gasteiger partial charge in [-0.1, -0.05) is 0 Å². The summed E-state index contributed by atoms with van der Waals surface area (Å²) in [5.41, 5.74) is 0.449. The molecule has 1 heterocycles. The lowest BCUT2D eigenvalue weighted by atomic mass is 10.2. The van der Waals surface area contributed by atoms with Crippen molar-refractivity contribution in [2.45, 2.75) is 6.42 Å². The minimum atomic E-state index is -0.943. The van der Waals surface area contributed by atoms with Crippen LogP contribution in [0.5, 0.6) is 0 Å². The van der Waals surface area contributed by atoms with E-state index in [1.807, 2.05) is 0 Å². The lowest BCUT2D eigenvalue weighted by molar-refractivity contribution is -0.136. The first-order valence-corrected chi connectivity index (χ1v) is 7.03. The highest BCUT2D eigenvalue weighted by Gasteiger charge is 2.20. The Kier molecular flexibility index (Phi) is 7.21. The summed E-state index contributed by atoms with van der Waals surface area (Å²) in [6.45, 7) is 1.74. The Balaban J connectivity index is 2.81. The van der Waals surface area contributed by atoms with Crippen LogP contribution in [-0.4, -0.2) is 62.4 Å². The first-order valence-electron chi connectivity index (χ1n) is 6.15. The maximum atomic E-state index is 12.4. The Morgan fingerprint density at radius 1 is 1.25 bits per heavy atom. The van der Waals surface area contributed by atoms with E-state index in [1.165, 1.54) is 11.3 Å². The molecule has 1 N–H and O–H groups in total. The summed E-state index contributed by atoms with van der Waals surface area (Å²) >= 11 is 1.28. The van der Waals surface area contributed by atoms with E-state index in [4.69, 9.17) is 14.6 Å². The Morgan fingerprint density at radius 2 is 1.85 bits per heavy atom. The number of rotatable bonds is 9. The normalized spacial score (nSPS) is 10.5. The summed E-state index contributed by atoms with van der Waals surface area (Å²) < 4.78 is 9.98. The van der Waals surface area contributed by atoms with Crippen LogP contribution in [0.25, 0.3) is 0 Å². The second kappa shape index (κ2) is 8.68. The fourth-order valence-electron chi connectivity index (χ4n) is 1.69. The molecule has 0 bridgehead atoms.